The topological polar surface area (TPSA) is 95.5 Å². The molecular formula is C21H21F3N4O4S. The molecule has 0 unspecified atom stereocenters. The van der Waals surface area contributed by atoms with Crippen LogP contribution in [0.4, 0.5) is 13.2 Å². The number of nitrogens with zero attached hydrogens (tertiary/aromatic N) is 3. The SMILES string of the molecule is COC(=O)[C@@H]1C[C@@H](Oc2nc(-c3nc(C(F)(F)F)cs3)nc3c(C)c(OC)ccc23)CCN1. The summed E-state index contributed by atoms with van der Waals surface area (Å²) in [7, 11) is 2.84. The summed E-state index contributed by atoms with van der Waals surface area (Å²) < 4.78 is 55.6. The summed E-state index contributed by atoms with van der Waals surface area (Å²) in [6.07, 6.45) is -3.95. The first kappa shape index (κ1) is 23.2. The van der Waals surface area contributed by atoms with E-state index >= 15 is 0 Å². The molecule has 0 amide bonds. The fourth-order valence-corrected chi connectivity index (χ4v) is 4.43. The van der Waals surface area contributed by atoms with Crippen molar-refractivity contribution >= 4 is 28.2 Å². The highest BCUT2D eigenvalue weighted by Gasteiger charge is 2.34. The Morgan fingerprint density at radius 2 is 2.00 bits per heavy atom. The molecule has 0 saturated carbocycles. The van der Waals surface area contributed by atoms with Gasteiger partial charge in [-0.15, -0.1) is 11.3 Å². The minimum absolute atomic E-state index is 0.0211. The molecule has 0 spiro atoms. The molecule has 1 fully saturated rings. The summed E-state index contributed by atoms with van der Waals surface area (Å²) >= 11 is 0.802. The van der Waals surface area contributed by atoms with Crippen LogP contribution >= 0.6 is 11.3 Å². The van der Waals surface area contributed by atoms with Crippen LogP contribution in [0.3, 0.4) is 0 Å². The lowest BCUT2D eigenvalue weighted by molar-refractivity contribution is -0.144. The fourth-order valence-electron chi connectivity index (χ4n) is 3.67. The zero-order valence-corrected chi connectivity index (χ0v) is 18.8. The number of halogens is 3. The maximum absolute atomic E-state index is 13.1. The fraction of sp³-hybridized carbons (Fsp3) is 0.429. The average Bonchev–Trinajstić information content (AvgIpc) is 3.30. The number of carbonyl (C=O) groups is 1. The molecule has 1 aromatic carbocycles. The molecule has 0 radical (unpaired) electrons. The van der Waals surface area contributed by atoms with Gasteiger partial charge < -0.3 is 19.5 Å². The highest BCUT2D eigenvalue weighted by atomic mass is 32.1. The lowest BCUT2D eigenvalue weighted by Gasteiger charge is -2.29. The smallest absolute Gasteiger partial charge is 0.434 e. The number of alkyl halides is 3. The number of carbonyl (C=O) groups excluding carboxylic acids is 1. The van der Waals surface area contributed by atoms with E-state index in [1.807, 2.05) is 0 Å². The van der Waals surface area contributed by atoms with Crippen LogP contribution < -0.4 is 14.8 Å². The quantitative estimate of drug-likeness (QED) is 0.550. The first-order valence-corrected chi connectivity index (χ1v) is 11.0. The van der Waals surface area contributed by atoms with E-state index in [1.54, 1.807) is 19.1 Å². The number of benzene rings is 1. The van der Waals surface area contributed by atoms with Crippen LogP contribution in [0.15, 0.2) is 17.5 Å². The molecule has 1 aliphatic rings. The maximum Gasteiger partial charge on any atom is 0.434 e. The Kier molecular flexibility index (Phi) is 6.39. The van der Waals surface area contributed by atoms with Crippen LogP contribution in [0.25, 0.3) is 21.7 Å². The number of ether oxygens (including phenoxy) is 3. The highest BCUT2D eigenvalue weighted by molar-refractivity contribution is 7.13. The van der Waals surface area contributed by atoms with E-state index in [4.69, 9.17) is 14.2 Å². The van der Waals surface area contributed by atoms with Crippen molar-refractivity contribution in [2.45, 2.75) is 38.1 Å². The van der Waals surface area contributed by atoms with Crippen molar-refractivity contribution in [3.05, 3.63) is 28.8 Å². The van der Waals surface area contributed by atoms with E-state index in [-0.39, 0.29) is 28.8 Å². The van der Waals surface area contributed by atoms with Gasteiger partial charge in [-0.3, -0.25) is 4.79 Å². The van der Waals surface area contributed by atoms with Crippen molar-refractivity contribution in [1.82, 2.24) is 20.3 Å². The lowest BCUT2D eigenvalue weighted by Crippen LogP contribution is -2.47. The monoisotopic (exact) mass is 482 g/mol. The zero-order valence-electron chi connectivity index (χ0n) is 18.0. The summed E-state index contributed by atoms with van der Waals surface area (Å²) in [6.45, 7) is 2.33. The third-order valence-corrected chi connectivity index (χ3v) is 6.20. The number of hydrogen-bond acceptors (Lipinski definition) is 9. The molecule has 1 N–H and O–H groups in total. The Hall–Kier alpha value is -2.99. The summed E-state index contributed by atoms with van der Waals surface area (Å²) in [5.74, 6) is 0.410. The zero-order chi connectivity index (χ0) is 23.8. The van der Waals surface area contributed by atoms with Crippen LogP contribution in [-0.4, -0.2) is 53.8 Å². The van der Waals surface area contributed by atoms with Gasteiger partial charge in [0.2, 0.25) is 5.88 Å². The van der Waals surface area contributed by atoms with E-state index in [0.29, 0.717) is 41.6 Å². The third kappa shape index (κ3) is 4.71. The van der Waals surface area contributed by atoms with Gasteiger partial charge >= 0.3 is 12.1 Å². The van der Waals surface area contributed by atoms with E-state index in [0.717, 1.165) is 16.7 Å². The second kappa shape index (κ2) is 9.10. The van der Waals surface area contributed by atoms with Crippen LogP contribution in [0.5, 0.6) is 11.6 Å². The minimum atomic E-state index is -4.57. The number of thiazole rings is 1. The second-order valence-corrected chi connectivity index (χ2v) is 8.33. The molecular weight excluding hydrogens is 461 g/mol. The Bertz CT molecular complexity index is 1180. The minimum Gasteiger partial charge on any atom is -0.496 e. The van der Waals surface area contributed by atoms with E-state index in [9.17, 15) is 18.0 Å². The number of aryl methyl sites for hydroxylation is 1. The Morgan fingerprint density at radius 1 is 1.21 bits per heavy atom. The van der Waals surface area contributed by atoms with Gasteiger partial charge in [0, 0.05) is 17.4 Å². The van der Waals surface area contributed by atoms with Crippen molar-refractivity contribution in [2.75, 3.05) is 20.8 Å². The molecule has 3 aromatic rings. The molecule has 33 heavy (non-hydrogen) atoms. The Labute approximate surface area is 191 Å². The largest absolute Gasteiger partial charge is 0.496 e. The molecule has 12 heteroatoms. The molecule has 2 atom stereocenters. The molecule has 3 heterocycles. The predicted molar refractivity (Wildman–Crippen MR) is 114 cm³/mol. The number of aromatic nitrogens is 3. The van der Waals surface area contributed by atoms with Gasteiger partial charge in [0.15, 0.2) is 16.5 Å². The van der Waals surface area contributed by atoms with Gasteiger partial charge in [0.05, 0.1) is 25.1 Å². The first-order chi connectivity index (χ1) is 15.7. The summed E-state index contributed by atoms with van der Waals surface area (Å²) in [5, 5.41) is 4.61. The highest BCUT2D eigenvalue weighted by Crippen LogP contribution is 2.36. The number of hydrogen-bond donors (Lipinski definition) is 1. The Morgan fingerprint density at radius 3 is 2.67 bits per heavy atom. The van der Waals surface area contributed by atoms with Crippen molar-refractivity contribution in [1.29, 1.82) is 0 Å². The standard InChI is InChI=1S/C21H21F3N4O4S/c1-10-14(30-2)5-4-12-16(10)27-17(19-26-15(9-33-19)21(22,23)24)28-18(12)32-11-6-7-25-13(8-11)20(29)31-3/h4-5,9,11,13,25H,6-8H2,1-3H3/t11-,13-/m0/s1. The second-order valence-electron chi connectivity index (χ2n) is 7.47. The number of fused-ring (bicyclic) bond motifs is 1. The molecule has 2 aromatic heterocycles. The number of piperidine rings is 1. The van der Waals surface area contributed by atoms with Gasteiger partial charge in [0.25, 0.3) is 0 Å². The number of esters is 1. The van der Waals surface area contributed by atoms with Crippen molar-refractivity contribution in [3.63, 3.8) is 0 Å². The first-order valence-electron chi connectivity index (χ1n) is 10.1. The summed E-state index contributed by atoms with van der Waals surface area (Å²) in [6, 6.07) is 2.97. The molecule has 0 bridgehead atoms. The van der Waals surface area contributed by atoms with E-state index < -0.39 is 17.9 Å². The van der Waals surface area contributed by atoms with Gasteiger partial charge in [-0.25, -0.2) is 9.97 Å². The van der Waals surface area contributed by atoms with Gasteiger partial charge in [-0.2, -0.15) is 18.2 Å². The number of rotatable bonds is 5. The van der Waals surface area contributed by atoms with E-state index in [1.165, 1.54) is 14.2 Å². The van der Waals surface area contributed by atoms with Gasteiger partial charge in [0.1, 0.15) is 17.9 Å². The normalized spacial score (nSPS) is 18.8. The van der Waals surface area contributed by atoms with Crippen LogP contribution in [0, 0.1) is 6.92 Å². The molecule has 176 valence electrons. The maximum atomic E-state index is 13.1. The van der Waals surface area contributed by atoms with Crippen LogP contribution in [0.2, 0.25) is 0 Å². The molecule has 1 saturated heterocycles. The predicted octanol–water partition coefficient (Wildman–Crippen LogP) is 3.76. The average molecular weight is 482 g/mol. The van der Waals surface area contributed by atoms with E-state index in [2.05, 4.69) is 20.3 Å². The third-order valence-electron chi connectivity index (χ3n) is 5.36. The van der Waals surface area contributed by atoms with Crippen molar-refractivity contribution in [3.8, 4) is 22.5 Å². The van der Waals surface area contributed by atoms with Gasteiger partial charge in [-0.05, 0) is 32.0 Å². The van der Waals surface area contributed by atoms with Gasteiger partial charge in [-0.1, -0.05) is 0 Å². The Balaban J connectivity index is 1.77. The molecule has 0 aliphatic carbocycles. The van der Waals surface area contributed by atoms with Crippen LogP contribution in [0.1, 0.15) is 24.1 Å². The molecule has 4 rings (SSSR count). The lowest BCUT2D eigenvalue weighted by atomic mass is 10.0. The molecule has 8 nitrogen and oxygen atoms in total. The molecule has 1 aliphatic heterocycles. The van der Waals surface area contributed by atoms with Crippen molar-refractivity contribution in [2.24, 2.45) is 0 Å². The number of methoxy groups -OCH3 is 2. The summed E-state index contributed by atoms with van der Waals surface area (Å²) in [5.41, 5.74) is 0.167. The number of nitrogens with one attached hydrogen (secondary N) is 1. The summed E-state index contributed by atoms with van der Waals surface area (Å²) in [4.78, 5) is 24.5. The van der Waals surface area contributed by atoms with Crippen molar-refractivity contribution < 1.29 is 32.2 Å². The van der Waals surface area contributed by atoms with Crippen LogP contribution in [-0.2, 0) is 15.7 Å².